The Labute approximate surface area is 132 Å². The molecule has 0 fully saturated rings. The van der Waals surface area contributed by atoms with E-state index in [0.717, 1.165) is 0 Å². The summed E-state index contributed by atoms with van der Waals surface area (Å²) in [4.78, 5) is 16.6. The molecule has 0 aliphatic carbocycles. The van der Waals surface area contributed by atoms with Crippen molar-refractivity contribution >= 4 is 23.2 Å². The second kappa shape index (κ2) is 5.99. The van der Waals surface area contributed by atoms with E-state index in [1.165, 1.54) is 6.20 Å². The number of carbonyl (C=O) groups excluding carboxylic acids is 1. The van der Waals surface area contributed by atoms with Crippen LogP contribution in [0.15, 0.2) is 54.9 Å². The maximum absolute atomic E-state index is 12.4. The van der Waals surface area contributed by atoms with Crippen molar-refractivity contribution in [3.05, 3.63) is 71.1 Å². The molecule has 0 saturated carbocycles. The summed E-state index contributed by atoms with van der Waals surface area (Å²) in [7, 11) is 0. The van der Waals surface area contributed by atoms with Gasteiger partial charge in [0.1, 0.15) is 0 Å². The third kappa shape index (κ3) is 2.71. The number of pyridine rings is 1. The molecular weight excluding hydrogens is 300 g/mol. The van der Waals surface area contributed by atoms with Crippen molar-refractivity contribution in [1.82, 2.24) is 14.8 Å². The Hall–Kier alpha value is -2.66. The standard InChI is InChI=1S/C16H13ClN4O/c1-11-12(10-19-21(11)15-8-4-5-9-18-15)16(22)20-14-7-3-2-6-13(14)17/h2-10H,1H3,(H,20,22). The maximum Gasteiger partial charge on any atom is 0.259 e. The van der Waals surface area contributed by atoms with Crippen molar-refractivity contribution in [2.45, 2.75) is 6.92 Å². The first kappa shape index (κ1) is 14.3. The highest BCUT2D eigenvalue weighted by Gasteiger charge is 2.16. The largest absolute Gasteiger partial charge is 0.321 e. The molecule has 2 aromatic heterocycles. The smallest absolute Gasteiger partial charge is 0.259 e. The summed E-state index contributed by atoms with van der Waals surface area (Å²) in [6.07, 6.45) is 3.20. The van der Waals surface area contributed by atoms with Crippen LogP contribution in [0.2, 0.25) is 5.02 Å². The van der Waals surface area contributed by atoms with Gasteiger partial charge in [0.25, 0.3) is 5.91 Å². The average molecular weight is 313 g/mol. The normalized spacial score (nSPS) is 10.5. The summed E-state index contributed by atoms with van der Waals surface area (Å²) in [6, 6.07) is 12.6. The average Bonchev–Trinajstić information content (AvgIpc) is 2.92. The van der Waals surface area contributed by atoms with Gasteiger partial charge in [-0.2, -0.15) is 5.10 Å². The topological polar surface area (TPSA) is 59.8 Å². The Morgan fingerprint density at radius 1 is 1.18 bits per heavy atom. The number of carbonyl (C=O) groups is 1. The Balaban J connectivity index is 1.89. The molecule has 5 nitrogen and oxygen atoms in total. The molecule has 1 aromatic carbocycles. The lowest BCUT2D eigenvalue weighted by atomic mass is 10.2. The molecule has 0 bridgehead atoms. The number of benzene rings is 1. The second-order valence-corrected chi connectivity index (χ2v) is 5.08. The highest BCUT2D eigenvalue weighted by Crippen LogP contribution is 2.22. The molecule has 0 atom stereocenters. The predicted octanol–water partition coefficient (Wildman–Crippen LogP) is 3.48. The number of hydrogen-bond donors (Lipinski definition) is 1. The zero-order chi connectivity index (χ0) is 15.5. The zero-order valence-electron chi connectivity index (χ0n) is 11.8. The minimum Gasteiger partial charge on any atom is -0.321 e. The van der Waals surface area contributed by atoms with Gasteiger partial charge in [0.2, 0.25) is 0 Å². The van der Waals surface area contributed by atoms with E-state index in [2.05, 4.69) is 15.4 Å². The molecular formula is C16H13ClN4O. The Morgan fingerprint density at radius 3 is 2.68 bits per heavy atom. The monoisotopic (exact) mass is 312 g/mol. The molecule has 6 heteroatoms. The molecule has 22 heavy (non-hydrogen) atoms. The molecule has 0 saturated heterocycles. The van der Waals surface area contributed by atoms with Gasteiger partial charge >= 0.3 is 0 Å². The summed E-state index contributed by atoms with van der Waals surface area (Å²) < 4.78 is 1.63. The number of aromatic nitrogens is 3. The van der Waals surface area contributed by atoms with Gasteiger partial charge in [-0.1, -0.05) is 29.8 Å². The van der Waals surface area contributed by atoms with Gasteiger partial charge in [0.05, 0.1) is 28.2 Å². The summed E-state index contributed by atoms with van der Waals surface area (Å²) in [5.74, 6) is 0.407. The summed E-state index contributed by atoms with van der Waals surface area (Å²) in [5.41, 5.74) is 1.76. The van der Waals surface area contributed by atoms with Gasteiger partial charge < -0.3 is 5.32 Å². The number of nitrogens with zero attached hydrogens (tertiary/aromatic N) is 3. The first-order valence-corrected chi connectivity index (χ1v) is 7.06. The molecule has 0 unspecified atom stereocenters. The van der Waals surface area contributed by atoms with Crippen LogP contribution in [0.25, 0.3) is 5.82 Å². The molecule has 0 radical (unpaired) electrons. The number of para-hydroxylation sites is 1. The van der Waals surface area contributed by atoms with Gasteiger partial charge in [0, 0.05) is 6.20 Å². The van der Waals surface area contributed by atoms with Gasteiger partial charge in [-0.05, 0) is 31.2 Å². The van der Waals surface area contributed by atoms with E-state index in [-0.39, 0.29) is 5.91 Å². The zero-order valence-corrected chi connectivity index (χ0v) is 12.6. The third-order valence-corrected chi connectivity index (χ3v) is 3.57. The van der Waals surface area contributed by atoms with E-state index >= 15 is 0 Å². The lowest BCUT2D eigenvalue weighted by Crippen LogP contribution is -2.13. The number of hydrogen-bond acceptors (Lipinski definition) is 3. The molecule has 2 heterocycles. The van der Waals surface area contributed by atoms with Crippen molar-refractivity contribution in [3.8, 4) is 5.82 Å². The summed E-state index contributed by atoms with van der Waals surface area (Å²) in [5, 5.41) is 7.51. The van der Waals surface area contributed by atoms with Crippen LogP contribution in [0.5, 0.6) is 0 Å². The number of nitrogens with one attached hydrogen (secondary N) is 1. The van der Waals surface area contributed by atoms with Gasteiger partial charge in [0.15, 0.2) is 5.82 Å². The van der Waals surface area contributed by atoms with Crippen LogP contribution in [0.1, 0.15) is 16.1 Å². The summed E-state index contributed by atoms with van der Waals surface area (Å²) >= 11 is 6.05. The van der Waals surface area contributed by atoms with Crippen LogP contribution >= 0.6 is 11.6 Å². The van der Waals surface area contributed by atoms with Crippen LogP contribution < -0.4 is 5.32 Å². The minimum atomic E-state index is -0.257. The van der Waals surface area contributed by atoms with Gasteiger partial charge in [-0.15, -0.1) is 0 Å². The van der Waals surface area contributed by atoms with E-state index < -0.39 is 0 Å². The van der Waals surface area contributed by atoms with Crippen LogP contribution in [-0.2, 0) is 0 Å². The number of amides is 1. The SMILES string of the molecule is Cc1c(C(=O)Nc2ccccc2Cl)cnn1-c1ccccn1. The predicted molar refractivity (Wildman–Crippen MR) is 85.5 cm³/mol. The van der Waals surface area contributed by atoms with Gasteiger partial charge in [-0.3, -0.25) is 4.79 Å². The molecule has 1 N–H and O–H groups in total. The van der Waals surface area contributed by atoms with E-state index in [1.54, 1.807) is 23.0 Å². The van der Waals surface area contributed by atoms with E-state index in [0.29, 0.717) is 27.8 Å². The van der Waals surface area contributed by atoms with Gasteiger partial charge in [-0.25, -0.2) is 9.67 Å². The summed E-state index contributed by atoms with van der Waals surface area (Å²) in [6.45, 7) is 1.82. The van der Waals surface area contributed by atoms with Crippen molar-refractivity contribution in [2.75, 3.05) is 5.32 Å². The second-order valence-electron chi connectivity index (χ2n) is 4.68. The van der Waals surface area contributed by atoms with E-state index in [1.807, 2.05) is 37.3 Å². The van der Waals surface area contributed by atoms with Crippen LogP contribution in [-0.4, -0.2) is 20.7 Å². The highest BCUT2D eigenvalue weighted by atomic mass is 35.5. The first-order valence-electron chi connectivity index (χ1n) is 6.69. The molecule has 0 aliphatic heterocycles. The van der Waals surface area contributed by atoms with Crippen molar-refractivity contribution in [3.63, 3.8) is 0 Å². The lowest BCUT2D eigenvalue weighted by Gasteiger charge is -2.07. The number of halogens is 1. The first-order chi connectivity index (χ1) is 10.7. The Morgan fingerprint density at radius 2 is 1.95 bits per heavy atom. The number of anilines is 1. The Kier molecular flexibility index (Phi) is 3.89. The lowest BCUT2D eigenvalue weighted by molar-refractivity contribution is 0.102. The quantitative estimate of drug-likeness (QED) is 0.805. The van der Waals surface area contributed by atoms with E-state index in [9.17, 15) is 4.79 Å². The van der Waals surface area contributed by atoms with Crippen LogP contribution in [0.4, 0.5) is 5.69 Å². The third-order valence-electron chi connectivity index (χ3n) is 3.24. The van der Waals surface area contributed by atoms with E-state index in [4.69, 9.17) is 11.6 Å². The fourth-order valence-electron chi connectivity index (χ4n) is 2.09. The minimum absolute atomic E-state index is 0.257. The highest BCUT2D eigenvalue weighted by molar-refractivity contribution is 6.33. The fraction of sp³-hybridized carbons (Fsp3) is 0.0625. The Bertz CT molecular complexity index is 814. The molecule has 3 aromatic rings. The molecule has 0 spiro atoms. The fourth-order valence-corrected chi connectivity index (χ4v) is 2.28. The molecule has 0 aliphatic rings. The maximum atomic E-state index is 12.4. The van der Waals surface area contributed by atoms with Crippen molar-refractivity contribution < 1.29 is 4.79 Å². The molecule has 110 valence electrons. The number of rotatable bonds is 3. The van der Waals surface area contributed by atoms with Crippen molar-refractivity contribution in [1.29, 1.82) is 0 Å². The van der Waals surface area contributed by atoms with Crippen molar-refractivity contribution in [2.24, 2.45) is 0 Å². The van der Waals surface area contributed by atoms with Crippen LogP contribution in [0.3, 0.4) is 0 Å². The molecule has 1 amide bonds. The molecule has 3 rings (SSSR count). The van der Waals surface area contributed by atoms with Crippen LogP contribution in [0, 0.1) is 6.92 Å².